The van der Waals surface area contributed by atoms with Crippen LogP contribution in [0.3, 0.4) is 0 Å². The third-order valence-electron chi connectivity index (χ3n) is 2.61. The average molecular weight is 237 g/mol. The number of benzodiazepines with no additional fused rings is 1. The molecule has 0 fully saturated rings. The molecule has 90 valence electrons. The van der Waals surface area contributed by atoms with Crippen molar-refractivity contribution in [1.82, 2.24) is 0 Å². The van der Waals surface area contributed by atoms with Gasteiger partial charge in [-0.3, -0.25) is 9.98 Å². The van der Waals surface area contributed by atoms with Crippen LogP contribution in [0, 0.1) is 12.3 Å². The van der Waals surface area contributed by atoms with Gasteiger partial charge in [0, 0.05) is 17.5 Å². The van der Waals surface area contributed by atoms with Crippen molar-refractivity contribution in [3.63, 3.8) is 0 Å². The smallest absolute Gasteiger partial charge is 0.124 e. The van der Waals surface area contributed by atoms with E-state index in [1.165, 1.54) is 0 Å². The average Bonchev–Trinajstić information content (AvgIpc) is 2.59. The highest BCUT2D eigenvalue weighted by Gasteiger charge is 2.09. The van der Waals surface area contributed by atoms with Crippen molar-refractivity contribution >= 4 is 17.7 Å². The molecule has 1 aliphatic heterocycles. The number of terminal acetylenes is 1. The molecule has 1 aliphatic rings. The topological polar surface area (TPSA) is 36.8 Å². The first-order valence-corrected chi connectivity index (χ1v) is 5.83. The lowest BCUT2D eigenvalue weighted by molar-refractivity contribution is 0.861. The standard InChI is InChI=1S/C15H15N3/c1-3-7-13(4-2)17-15-11-16-10-12-8-5-6-9-14(12)18-15/h2-3,5-6,8-10,13H,1,7,11H2,(H,17,18). The minimum Gasteiger partial charge on any atom is -0.342 e. The van der Waals surface area contributed by atoms with E-state index < -0.39 is 0 Å². The van der Waals surface area contributed by atoms with Gasteiger partial charge >= 0.3 is 0 Å². The number of nitrogens with zero attached hydrogens (tertiary/aromatic N) is 2. The quantitative estimate of drug-likeness (QED) is 0.636. The van der Waals surface area contributed by atoms with Crippen molar-refractivity contribution in [2.75, 3.05) is 11.9 Å². The van der Waals surface area contributed by atoms with Gasteiger partial charge in [-0.25, -0.2) is 0 Å². The second-order valence-electron chi connectivity index (χ2n) is 3.96. The summed E-state index contributed by atoms with van der Waals surface area (Å²) in [5.41, 5.74) is 2.07. The Labute approximate surface area is 107 Å². The first-order valence-electron chi connectivity index (χ1n) is 5.83. The van der Waals surface area contributed by atoms with Crippen molar-refractivity contribution < 1.29 is 0 Å². The van der Waals surface area contributed by atoms with Crippen molar-refractivity contribution in [1.29, 1.82) is 0 Å². The van der Waals surface area contributed by atoms with E-state index in [-0.39, 0.29) is 6.04 Å². The van der Waals surface area contributed by atoms with Gasteiger partial charge in [0.2, 0.25) is 0 Å². The predicted molar refractivity (Wildman–Crippen MR) is 77.4 cm³/mol. The fourth-order valence-electron chi connectivity index (χ4n) is 1.73. The largest absolute Gasteiger partial charge is 0.342 e. The summed E-state index contributed by atoms with van der Waals surface area (Å²) in [6.45, 7) is 4.20. The Bertz CT molecular complexity index is 535. The molecule has 0 radical (unpaired) electrons. The zero-order valence-electron chi connectivity index (χ0n) is 10.1. The van der Waals surface area contributed by atoms with Crippen LogP contribution in [0.25, 0.3) is 0 Å². The van der Waals surface area contributed by atoms with Crippen molar-refractivity contribution in [2.24, 2.45) is 9.98 Å². The van der Waals surface area contributed by atoms with Crippen molar-refractivity contribution in [3.05, 3.63) is 42.5 Å². The van der Waals surface area contributed by atoms with Crippen LogP contribution in [-0.2, 0) is 0 Å². The van der Waals surface area contributed by atoms with Crippen LogP contribution in [0.1, 0.15) is 12.0 Å². The third kappa shape index (κ3) is 2.86. The summed E-state index contributed by atoms with van der Waals surface area (Å²) in [6, 6.07) is 7.80. The molecule has 0 spiro atoms. The number of hydrogen-bond donors (Lipinski definition) is 1. The number of benzene rings is 1. The van der Waals surface area contributed by atoms with Crippen LogP contribution >= 0.6 is 0 Å². The number of hydrogen-bond acceptors (Lipinski definition) is 2. The summed E-state index contributed by atoms with van der Waals surface area (Å²) in [7, 11) is 0. The van der Waals surface area contributed by atoms with E-state index in [1.54, 1.807) is 6.08 Å². The molecule has 1 heterocycles. The van der Waals surface area contributed by atoms with Gasteiger partial charge in [0.15, 0.2) is 0 Å². The van der Waals surface area contributed by atoms with E-state index in [9.17, 15) is 0 Å². The lowest BCUT2D eigenvalue weighted by atomic mass is 10.2. The number of para-hydroxylation sites is 1. The molecule has 1 N–H and O–H groups in total. The summed E-state index contributed by atoms with van der Waals surface area (Å²) < 4.78 is 0. The fraction of sp³-hybridized carbons (Fsp3) is 0.200. The van der Waals surface area contributed by atoms with Crippen LogP contribution in [0.2, 0.25) is 0 Å². The predicted octanol–water partition coefficient (Wildman–Crippen LogP) is 2.51. The molecular weight excluding hydrogens is 222 g/mol. The second-order valence-corrected chi connectivity index (χ2v) is 3.96. The van der Waals surface area contributed by atoms with E-state index in [0.29, 0.717) is 13.0 Å². The maximum absolute atomic E-state index is 5.44. The maximum atomic E-state index is 5.44. The van der Waals surface area contributed by atoms with Gasteiger partial charge in [-0.05, 0) is 12.5 Å². The van der Waals surface area contributed by atoms with Gasteiger partial charge in [-0.15, -0.1) is 13.0 Å². The minimum absolute atomic E-state index is 0.175. The Morgan fingerprint density at radius 3 is 3.17 bits per heavy atom. The van der Waals surface area contributed by atoms with E-state index in [1.807, 2.05) is 30.5 Å². The fourth-order valence-corrected chi connectivity index (χ4v) is 1.73. The molecule has 3 heteroatoms. The molecule has 0 bridgehead atoms. The zero-order chi connectivity index (χ0) is 12.8. The summed E-state index contributed by atoms with van der Waals surface area (Å²) >= 11 is 0. The Morgan fingerprint density at radius 1 is 1.56 bits per heavy atom. The third-order valence-corrected chi connectivity index (χ3v) is 2.61. The number of aliphatic imine (C=N–C) groups is 2. The summed E-state index contributed by atoms with van der Waals surface area (Å²) in [5, 5.41) is 3.28. The maximum Gasteiger partial charge on any atom is 0.124 e. The van der Waals surface area contributed by atoms with Crippen LogP contribution in [0.15, 0.2) is 46.9 Å². The number of amidine groups is 1. The molecule has 1 aromatic rings. The molecule has 3 nitrogen and oxygen atoms in total. The molecule has 1 unspecified atom stereocenters. The minimum atomic E-state index is -0.175. The molecule has 0 aliphatic carbocycles. The molecule has 1 atom stereocenters. The molecule has 18 heavy (non-hydrogen) atoms. The van der Waals surface area contributed by atoms with Gasteiger partial charge in [-0.1, -0.05) is 30.2 Å². The molecule has 0 amide bonds. The molecule has 2 rings (SSSR count). The number of anilines is 1. The first-order chi connectivity index (χ1) is 8.83. The van der Waals surface area contributed by atoms with Crippen molar-refractivity contribution in [2.45, 2.75) is 12.5 Å². The Kier molecular flexibility index (Phi) is 3.93. The van der Waals surface area contributed by atoms with Gasteiger partial charge in [-0.2, -0.15) is 0 Å². The number of rotatable bonds is 3. The van der Waals surface area contributed by atoms with Gasteiger partial charge in [0.25, 0.3) is 0 Å². The van der Waals surface area contributed by atoms with Gasteiger partial charge < -0.3 is 5.32 Å². The van der Waals surface area contributed by atoms with Gasteiger partial charge in [0.05, 0.1) is 6.54 Å². The second kappa shape index (κ2) is 5.83. The monoisotopic (exact) mass is 237 g/mol. The van der Waals surface area contributed by atoms with Crippen LogP contribution in [0.4, 0.5) is 5.69 Å². The van der Waals surface area contributed by atoms with E-state index in [4.69, 9.17) is 6.42 Å². The van der Waals surface area contributed by atoms with Crippen LogP contribution in [0.5, 0.6) is 0 Å². The summed E-state index contributed by atoms with van der Waals surface area (Å²) in [6.07, 6.45) is 9.74. The molecule has 0 saturated carbocycles. The lowest BCUT2D eigenvalue weighted by Gasteiger charge is -2.10. The summed E-state index contributed by atoms with van der Waals surface area (Å²) in [5.74, 6) is 3.44. The normalized spacial score (nSPS) is 17.2. The zero-order valence-corrected chi connectivity index (χ0v) is 10.1. The molecule has 0 saturated heterocycles. The summed E-state index contributed by atoms with van der Waals surface area (Å²) in [4.78, 5) is 8.82. The van der Waals surface area contributed by atoms with Crippen molar-refractivity contribution in [3.8, 4) is 12.3 Å². The molecule has 1 aromatic carbocycles. The lowest BCUT2D eigenvalue weighted by Crippen LogP contribution is -2.18. The Balaban J connectivity index is 2.23. The van der Waals surface area contributed by atoms with Gasteiger partial charge in [0.1, 0.15) is 11.9 Å². The van der Waals surface area contributed by atoms with E-state index >= 15 is 0 Å². The number of fused-ring (bicyclic) bond motifs is 1. The number of nitrogens with one attached hydrogen (secondary N) is 1. The first kappa shape index (κ1) is 12.1. The highest BCUT2D eigenvalue weighted by molar-refractivity contribution is 6.04. The highest BCUT2D eigenvalue weighted by Crippen LogP contribution is 2.15. The van der Waals surface area contributed by atoms with E-state index in [2.05, 4.69) is 27.8 Å². The van der Waals surface area contributed by atoms with E-state index in [0.717, 1.165) is 17.1 Å². The molecular formula is C15H15N3. The SMILES string of the molecule is C#CC(CC=C)N=C1CN=Cc2ccccc2N1. The van der Waals surface area contributed by atoms with Crippen LogP contribution < -0.4 is 5.32 Å². The molecule has 0 aromatic heterocycles. The highest BCUT2D eigenvalue weighted by atomic mass is 15.0. The Hall–Kier alpha value is -2.34. The Morgan fingerprint density at radius 2 is 2.39 bits per heavy atom. The van der Waals surface area contributed by atoms with Crippen LogP contribution in [-0.4, -0.2) is 24.6 Å².